The number of fused-ring (bicyclic) bond motifs is 1. The van der Waals surface area contributed by atoms with Gasteiger partial charge in [0.05, 0.1) is 11.0 Å². The Morgan fingerprint density at radius 3 is 2.31 bits per heavy atom. The fourth-order valence-corrected chi connectivity index (χ4v) is 3.18. The second-order valence-electron chi connectivity index (χ2n) is 6.54. The lowest BCUT2D eigenvalue weighted by atomic mass is 10.0. The molecule has 4 aromatic rings. The SMILES string of the molecule is c1ccc(-c2ccc(CNCCCc3nc4ccccc4[nH]3)cc2)cc1. The van der Waals surface area contributed by atoms with E-state index in [9.17, 15) is 0 Å². The minimum atomic E-state index is 0.898. The zero-order chi connectivity index (χ0) is 17.6. The Hall–Kier alpha value is -2.91. The summed E-state index contributed by atoms with van der Waals surface area (Å²) in [5, 5.41) is 3.52. The van der Waals surface area contributed by atoms with Crippen LogP contribution in [0, 0.1) is 0 Å². The van der Waals surface area contributed by atoms with Crippen LogP contribution in [0.15, 0.2) is 78.9 Å². The second-order valence-corrected chi connectivity index (χ2v) is 6.54. The van der Waals surface area contributed by atoms with E-state index >= 15 is 0 Å². The standard InChI is InChI=1S/C23H23N3/c1-2-7-19(8-3-1)20-14-12-18(13-15-20)17-24-16-6-11-23-25-21-9-4-5-10-22(21)26-23/h1-5,7-10,12-15,24H,6,11,16-17H2,(H,25,26). The molecule has 0 saturated heterocycles. The van der Waals surface area contributed by atoms with Crippen LogP contribution < -0.4 is 5.32 Å². The summed E-state index contributed by atoms with van der Waals surface area (Å²) in [5.41, 5.74) is 6.01. The van der Waals surface area contributed by atoms with Crippen molar-refractivity contribution in [2.45, 2.75) is 19.4 Å². The van der Waals surface area contributed by atoms with Gasteiger partial charge in [0.1, 0.15) is 5.82 Å². The number of aryl methyl sites for hydroxylation is 1. The third-order valence-electron chi connectivity index (χ3n) is 4.60. The highest BCUT2D eigenvalue weighted by atomic mass is 14.9. The molecule has 0 fully saturated rings. The molecular weight excluding hydrogens is 318 g/mol. The Kier molecular flexibility index (Phi) is 5.08. The Morgan fingerprint density at radius 1 is 0.769 bits per heavy atom. The zero-order valence-corrected chi connectivity index (χ0v) is 14.8. The molecule has 0 unspecified atom stereocenters. The van der Waals surface area contributed by atoms with E-state index in [4.69, 9.17) is 0 Å². The average molecular weight is 341 g/mol. The van der Waals surface area contributed by atoms with E-state index in [1.165, 1.54) is 16.7 Å². The number of aromatic nitrogens is 2. The van der Waals surface area contributed by atoms with Gasteiger partial charge in [-0.2, -0.15) is 0 Å². The fourth-order valence-electron chi connectivity index (χ4n) is 3.18. The summed E-state index contributed by atoms with van der Waals surface area (Å²) in [7, 11) is 0. The molecule has 0 atom stereocenters. The highest BCUT2D eigenvalue weighted by molar-refractivity contribution is 5.74. The molecule has 0 amide bonds. The molecule has 3 heteroatoms. The van der Waals surface area contributed by atoms with Crippen LogP contribution in [0.25, 0.3) is 22.2 Å². The molecular formula is C23H23N3. The highest BCUT2D eigenvalue weighted by Crippen LogP contribution is 2.19. The Labute approximate surface area is 154 Å². The van der Waals surface area contributed by atoms with Gasteiger partial charge >= 0.3 is 0 Å². The van der Waals surface area contributed by atoms with Crippen molar-refractivity contribution in [3.63, 3.8) is 0 Å². The van der Waals surface area contributed by atoms with E-state index in [0.717, 1.165) is 42.8 Å². The molecule has 4 rings (SSSR count). The number of hydrogen-bond donors (Lipinski definition) is 2. The molecule has 0 spiro atoms. The van der Waals surface area contributed by atoms with Gasteiger partial charge in [-0.25, -0.2) is 4.98 Å². The third kappa shape index (κ3) is 4.01. The largest absolute Gasteiger partial charge is 0.342 e. The molecule has 0 saturated carbocycles. The van der Waals surface area contributed by atoms with Crippen LogP contribution >= 0.6 is 0 Å². The number of imidazole rings is 1. The number of para-hydroxylation sites is 2. The Balaban J connectivity index is 1.23. The Morgan fingerprint density at radius 2 is 1.50 bits per heavy atom. The molecule has 26 heavy (non-hydrogen) atoms. The first kappa shape index (κ1) is 16.6. The molecule has 130 valence electrons. The third-order valence-corrected chi connectivity index (χ3v) is 4.60. The first-order chi connectivity index (χ1) is 12.9. The van der Waals surface area contributed by atoms with Gasteiger partial charge in [-0.05, 0) is 41.8 Å². The smallest absolute Gasteiger partial charge is 0.107 e. The summed E-state index contributed by atoms with van der Waals surface area (Å²) in [5.74, 6) is 1.07. The summed E-state index contributed by atoms with van der Waals surface area (Å²) in [6.45, 7) is 1.88. The number of nitrogens with one attached hydrogen (secondary N) is 2. The maximum Gasteiger partial charge on any atom is 0.107 e. The predicted octanol–water partition coefficient (Wildman–Crippen LogP) is 4.95. The van der Waals surface area contributed by atoms with Crippen LogP contribution in [-0.2, 0) is 13.0 Å². The monoisotopic (exact) mass is 341 g/mol. The maximum absolute atomic E-state index is 4.62. The molecule has 0 aliphatic carbocycles. The first-order valence-corrected chi connectivity index (χ1v) is 9.17. The maximum atomic E-state index is 4.62. The second kappa shape index (κ2) is 7.98. The lowest BCUT2D eigenvalue weighted by Crippen LogP contribution is -2.15. The number of H-pyrrole nitrogens is 1. The Bertz CT molecular complexity index is 923. The van der Waals surface area contributed by atoms with Gasteiger partial charge in [0.15, 0.2) is 0 Å². The van der Waals surface area contributed by atoms with Crippen LogP contribution in [0.4, 0.5) is 0 Å². The van der Waals surface area contributed by atoms with Crippen molar-refractivity contribution in [2.24, 2.45) is 0 Å². The lowest BCUT2D eigenvalue weighted by Gasteiger charge is -2.06. The number of hydrogen-bond acceptors (Lipinski definition) is 2. The summed E-state index contributed by atoms with van der Waals surface area (Å²) < 4.78 is 0. The topological polar surface area (TPSA) is 40.7 Å². The minimum absolute atomic E-state index is 0.898. The van der Waals surface area contributed by atoms with E-state index in [0.29, 0.717) is 0 Å². The van der Waals surface area contributed by atoms with E-state index < -0.39 is 0 Å². The van der Waals surface area contributed by atoms with Gasteiger partial charge in [-0.3, -0.25) is 0 Å². The highest BCUT2D eigenvalue weighted by Gasteiger charge is 2.02. The molecule has 3 nitrogen and oxygen atoms in total. The number of rotatable bonds is 7. The number of aromatic amines is 1. The molecule has 1 aromatic heterocycles. The number of benzene rings is 3. The summed E-state index contributed by atoms with van der Waals surface area (Å²) in [6, 6.07) is 27.5. The lowest BCUT2D eigenvalue weighted by molar-refractivity contribution is 0.641. The van der Waals surface area contributed by atoms with E-state index in [-0.39, 0.29) is 0 Å². The molecule has 3 aromatic carbocycles. The van der Waals surface area contributed by atoms with Gasteiger partial charge in [0.2, 0.25) is 0 Å². The van der Waals surface area contributed by atoms with E-state index in [2.05, 4.69) is 69.9 Å². The number of nitrogens with zero attached hydrogens (tertiary/aromatic N) is 1. The van der Waals surface area contributed by atoms with Gasteiger partial charge < -0.3 is 10.3 Å². The molecule has 0 aliphatic rings. The van der Waals surface area contributed by atoms with Crippen molar-refractivity contribution in [3.05, 3.63) is 90.3 Å². The molecule has 1 heterocycles. The normalized spacial score (nSPS) is 11.1. The van der Waals surface area contributed by atoms with Crippen molar-refractivity contribution >= 4 is 11.0 Å². The van der Waals surface area contributed by atoms with Crippen molar-refractivity contribution in [1.29, 1.82) is 0 Å². The summed E-state index contributed by atoms with van der Waals surface area (Å²) >= 11 is 0. The van der Waals surface area contributed by atoms with Crippen molar-refractivity contribution in [2.75, 3.05) is 6.54 Å². The van der Waals surface area contributed by atoms with Crippen molar-refractivity contribution < 1.29 is 0 Å². The van der Waals surface area contributed by atoms with Crippen LogP contribution in [0.1, 0.15) is 17.8 Å². The fraction of sp³-hybridized carbons (Fsp3) is 0.174. The van der Waals surface area contributed by atoms with Gasteiger partial charge in [0.25, 0.3) is 0 Å². The van der Waals surface area contributed by atoms with E-state index in [1.807, 2.05) is 24.3 Å². The quantitative estimate of drug-likeness (QED) is 0.467. The zero-order valence-electron chi connectivity index (χ0n) is 14.8. The summed E-state index contributed by atoms with van der Waals surface area (Å²) in [6.07, 6.45) is 2.04. The summed E-state index contributed by atoms with van der Waals surface area (Å²) in [4.78, 5) is 8.01. The molecule has 0 aliphatic heterocycles. The van der Waals surface area contributed by atoms with Crippen LogP contribution in [0.5, 0.6) is 0 Å². The van der Waals surface area contributed by atoms with Crippen LogP contribution in [0.3, 0.4) is 0 Å². The van der Waals surface area contributed by atoms with E-state index in [1.54, 1.807) is 0 Å². The van der Waals surface area contributed by atoms with Gasteiger partial charge in [-0.1, -0.05) is 66.7 Å². The van der Waals surface area contributed by atoms with Crippen LogP contribution in [-0.4, -0.2) is 16.5 Å². The molecule has 0 bridgehead atoms. The van der Waals surface area contributed by atoms with Gasteiger partial charge in [0, 0.05) is 13.0 Å². The molecule has 0 radical (unpaired) electrons. The van der Waals surface area contributed by atoms with Gasteiger partial charge in [-0.15, -0.1) is 0 Å². The molecule has 2 N–H and O–H groups in total. The minimum Gasteiger partial charge on any atom is -0.342 e. The first-order valence-electron chi connectivity index (χ1n) is 9.17. The average Bonchev–Trinajstić information content (AvgIpc) is 3.12. The van der Waals surface area contributed by atoms with Crippen molar-refractivity contribution in [1.82, 2.24) is 15.3 Å². The predicted molar refractivity (Wildman–Crippen MR) is 108 cm³/mol. The van der Waals surface area contributed by atoms with Crippen molar-refractivity contribution in [3.8, 4) is 11.1 Å². The van der Waals surface area contributed by atoms with Crippen LogP contribution in [0.2, 0.25) is 0 Å².